The van der Waals surface area contributed by atoms with E-state index >= 15 is 0 Å². The van der Waals surface area contributed by atoms with Gasteiger partial charge in [-0.05, 0) is 12.0 Å². The molecule has 0 radical (unpaired) electrons. The molecule has 0 heterocycles. The summed E-state index contributed by atoms with van der Waals surface area (Å²) in [5.41, 5.74) is 2.65. The summed E-state index contributed by atoms with van der Waals surface area (Å²) in [4.78, 5) is 27.8. The number of nitrogens with one attached hydrogen (secondary N) is 1. The largest absolute Gasteiger partial charge is 0.443 e. The Kier molecular flexibility index (Phi) is 7.08. The number of amides is 1. The molecule has 21 heavy (non-hydrogen) atoms. The number of hydroxylamine groups is 1. The van der Waals surface area contributed by atoms with Gasteiger partial charge in [0.15, 0.2) is 0 Å². The molecule has 0 bridgehead atoms. The molecule has 0 aromatic heterocycles. The highest BCUT2D eigenvalue weighted by molar-refractivity contribution is 6.67. The number of rotatable bonds is 4. The Balaban J connectivity index is 2.47. The van der Waals surface area contributed by atoms with E-state index in [0.29, 0.717) is 6.42 Å². The summed E-state index contributed by atoms with van der Waals surface area (Å²) >= 11 is 16.2. The van der Waals surface area contributed by atoms with E-state index in [0.717, 1.165) is 5.56 Å². The van der Waals surface area contributed by atoms with Crippen LogP contribution in [-0.4, -0.2) is 22.5 Å². The van der Waals surface area contributed by atoms with Crippen molar-refractivity contribution in [2.45, 2.75) is 23.1 Å². The summed E-state index contributed by atoms with van der Waals surface area (Å²) in [5.74, 6) is -1.09. The quantitative estimate of drug-likeness (QED) is 0.661. The van der Waals surface area contributed by atoms with E-state index in [4.69, 9.17) is 34.8 Å². The van der Waals surface area contributed by atoms with Gasteiger partial charge in [-0.1, -0.05) is 72.1 Å². The number of alkyl halides is 3. The smallest absolute Gasteiger partial charge is 0.440 e. The average molecular weight is 355 g/mol. The van der Waals surface area contributed by atoms with E-state index in [1.165, 1.54) is 0 Å². The van der Waals surface area contributed by atoms with E-state index in [2.05, 4.69) is 9.57 Å². The van der Waals surface area contributed by atoms with Crippen LogP contribution in [0.1, 0.15) is 24.8 Å². The van der Waals surface area contributed by atoms with Crippen molar-refractivity contribution in [3.8, 4) is 0 Å². The lowest BCUT2D eigenvalue weighted by atomic mass is 9.97. The van der Waals surface area contributed by atoms with Gasteiger partial charge < -0.3 is 9.57 Å². The predicted octanol–water partition coefficient (Wildman–Crippen LogP) is 3.73. The molecule has 1 unspecified atom stereocenters. The van der Waals surface area contributed by atoms with E-state index < -0.39 is 28.4 Å². The van der Waals surface area contributed by atoms with Crippen LogP contribution in [0.5, 0.6) is 0 Å². The summed E-state index contributed by atoms with van der Waals surface area (Å²) < 4.78 is 2.83. The van der Waals surface area contributed by atoms with Gasteiger partial charge in [0, 0.05) is 0 Å². The molecule has 1 aromatic rings. The second kappa shape index (κ2) is 8.32. The summed E-state index contributed by atoms with van der Waals surface area (Å²) in [6, 6.07) is 9.07. The van der Waals surface area contributed by atoms with Crippen molar-refractivity contribution in [1.29, 1.82) is 0 Å². The molecule has 0 saturated heterocycles. The molecule has 1 N–H and O–H groups in total. The number of hydrogen-bond donors (Lipinski definition) is 1. The lowest BCUT2D eigenvalue weighted by Crippen LogP contribution is -2.32. The third-order valence-electron chi connectivity index (χ3n) is 2.50. The summed E-state index contributed by atoms with van der Waals surface area (Å²) in [5, 5.41) is 0. The van der Waals surface area contributed by atoms with Gasteiger partial charge in [0.25, 0.3) is 0 Å². The van der Waals surface area contributed by atoms with Crippen molar-refractivity contribution in [1.82, 2.24) is 5.48 Å². The van der Waals surface area contributed by atoms with Crippen molar-refractivity contribution in [2.24, 2.45) is 0 Å². The van der Waals surface area contributed by atoms with Gasteiger partial charge in [0.05, 0.1) is 5.92 Å². The minimum Gasteiger partial charge on any atom is -0.443 e. The van der Waals surface area contributed by atoms with Crippen LogP contribution in [0.15, 0.2) is 30.3 Å². The molecule has 0 spiro atoms. The van der Waals surface area contributed by atoms with Crippen LogP contribution in [0, 0.1) is 0 Å². The highest BCUT2D eigenvalue weighted by Crippen LogP contribution is 2.25. The maximum atomic E-state index is 11.9. The molecule has 0 aliphatic heterocycles. The van der Waals surface area contributed by atoms with E-state index in [9.17, 15) is 9.59 Å². The van der Waals surface area contributed by atoms with Gasteiger partial charge in [-0.2, -0.15) is 0 Å². The van der Waals surface area contributed by atoms with Gasteiger partial charge >= 0.3 is 12.1 Å². The molecule has 0 aliphatic rings. The Bertz CT molecular complexity index is 476. The van der Waals surface area contributed by atoms with Crippen molar-refractivity contribution in [3.63, 3.8) is 0 Å². The number of carbonyl (C=O) groups excluding carboxylic acids is 2. The fraction of sp³-hybridized carbons (Fsp3) is 0.385. The first-order valence-corrected chi connectivity index (χ1v) is 7.22. The molecule has 8 heteroatoms. The van der Waals surface area contributed by atoms with E-state index in [-0.39, 0.29) is 0 Å². The molecule has 0 fully saturated rings. The number of benzene rings is 1. The third kappa shape index (κ3) is 6.89. The van der Waals surface area contributed by atoms with E-state index in [1.807, 2.05) is 30.6 Å². The van der Waals surface area contributed by atoms with Gasteiger partial charge in [-0.25, -0.2) is 9.59 Å². The standard InChI is InChI=1S/C13H14Cl3NO4/c1-2-10(9-6-4-3-5-7-9)11(18)21-17-12(19)20-8-13(14,15)16/h3-7,10H,2,8H2,1H3,(H,17,19). The maximum Gasteiger partial charge on any atom is 0.440 e. The molecule has 5 nitrogen and oxygen atoms in total. The van der Waals surface area contributed by atoms with Crippen LogP contribution in [0.3, 0.4) is 0 Å². The Morgan fingerprint density at radius 1 is 1.24 bits per heavy atom. The van der Waals surface area contributed by atoms with Crippen LogP contribution in [0.4, 0.5) is 4.79 Å². The topological polar surface area (TPSA) is 64.6 Å². The molecule has 0 saturated carbocycles. The summed E-state index contributed by atoms with van der Waals surface area (Å²) in [6.45, 7) is 1.37. The summed E-state index contributed by atoms with van der Waals surface area (Å²) in [7, 11) is 0. The molecule has 1 amide bonds. The van der Waals surface area contributed by atoms with Gasteiger partial charge in [-0.3, -0.25) is 0 Å². The van der Waals surface area contributed by atoms with Crippen molar-refractivity contribution in [3.05, 3.63) is 35.9 Å². The second-order valence-electron chi connectivity index (χ2n) is 4.09. The zero-order valence-electron chi connectivity index (χ0n) is 11.1. The number of ether oxygens (including phenoxy) is 1. The van der Waals surface area contributed by atoms with Gasteiger partial charge in [-0.15, -0.1) is 5.48 Å². The number of carbonyl (C=O) groups is 2. The number of halogens is 3. The lowest BCUT2D eigenvalue weighted by Gasteiger charge is -2.15. The highest BCUT2D eigenvalue weighted by atomic mass is 35.6. The van der Waals surface area contributed by atoms with Crippen LogP contribution in [0.2, 0.25) is 0 Å². The summed E-state index contributed by atoms with van der Waals surface area (Å²) in [6.07, 6.45) is -0.495. The zero-order chi connectivity index (χ0) is 15.9. The van der Waals surface area contributed by atoms with Crippen LogP contribution >= 0.6 is 34.8 Å². The zero-order valence-corrected chi connectivity index (χ0v) is 13.4. The fourth-order valence-corrected chi connectivity index (χ4v) is 1.73. The van der Waals surface area contributed by atoms with Crippen LogP contribution in [0.25, 0.3) is 0 Å². The van der Waals surface area contributed by atoms with Gasteiger partial charge in [0.1, 0.15) is 6.61 Å². The van der Waals surface area contributed by atoms with Crippen LogP contribution < -0.4 is 5.48 Å². The number of hydrogen-bond acceptors (Lipinski definition) is 4. The molecule has 116 valence electrons. The normalized spacial score (nSPS) is 12.4. The minimum absolute atomic E-state index is 0.461. The van der Waals surface area contributed by atoms with Gasteiger partial charge in [0.2, 0.25) is 3.79 Å². The highest BCUT2D eigenvalue weighted by Gasteiger charge is 2.24. The first kappa shape index (κ1) is 17.9. The van der Waals surface area contributed by atoms with E-state index in [1.54, 1.807) is 12.1 Å². The SMILES string of the molecule is CCC(C(=O)ONC(=O)OCC(Cl)(Cl)Cl)c1ccccc1. The van der Waals surface area contributed by atoms with Crippen molar-refractivity contribution < 1.29 is 19.2 Å². The molecular formula is C13H14Cl3NO4. The molecule has 1 rings (SSSR count). The average Bonchev–Trinajstić information content (AvgIpc) is 2.44. The third-order valence-corrected chi connectivity index (χ3v) is 2.82. The monoisotopic (exact) mass is 353 g/mol. The first-order valence-electron chi connectivity index (χ1n) is 6.08. The molecule has 1 aromatic carbocycles. The minimum atomic E-state index is -1.72. The fourth-order valence-electron chi connectivity index (χ4n) is 1.56. The Hall–Kier alpha value is -1.17. The Morgan fingerprint density at radius 3 is 2.38 bits per heavy atom. The second-order valence-corrected chi connectivity index (χ2v) is 6.60. The maximum absolute atomic E-state index is 11.9. The lowest BCUT2D eigenvalue weighted by molar-refractivity contribution is -0.151. The molecule has 0 aliphatic carbocycles. The molecule has 1 atom stereocenters. The first-order chi connectivity index (χ1) is 9.83. The Morgan fingerprint density at radius 2 is 1.86 bits per heavy atom. The Labute approximate surface area is 137 Å². The van der Waals surface area contributed by atoms with Crippen molar-refractivity contribution in [2.75, 3.05) is 6.61 Å². The predicted molar refractivity (Wildman–Crippen MR) is 80.3 cm³/mol. The molecular weight excluding hydrogens is 341 g/mol. The van der Waals surface area contributed by atoms with Crippen LogP contribution in [-0.2, 0) is 14.4 Å². The van der Waals surface area contributed by atoms with Crippen molar-refractivity contribution >= 4 is 46.9 Å².